The van der Waals surface area contributed by atoms with Crippen LogP contribution in [-0.2, 0) is 0 Å². The van der Waals surface area contributed by atoms with Gasteiger partial charge in [-0.15, -0.1) is 0 Å². The van der Waals surface area contributed by atoms with Crippen LogP contribution in [0.4, 0.5) is 0 Å². The third-order valence-corrected chi connectivity index (χ3v) is 3.48. The molecule has 0 saturated heterocycles. The molecule has 0 saturated carbocycles. The SMILES string of the molecule is Ic1ccc(C#Cc2ccc(I)cc2)cc1. The molecule has 0 aliphatic heterocycles. The lowest BCUT2D eigenvalue weighted by atomic mass is 10.2. The van der Waals surface area contributed by atoms with Crippen LogP contribution in [0.1, 0.15) is 11.1 Å². The number of hydrogen-bond acceptors (Lipinski definition) is 0. The van der Waals surface area contributed by atoms with E-state index in [4.69, 9.17) is 0 Å². The van der Waals surface area contributed by atoms with Gasteiger partial charge < -0.3 is 0 Å². The fourth-order valence-electron chi connectivity index (χ4n) is 1.21. The number of rotatable bonds is 0. The quantitative estimate of drug-likeness (QED) is 0.432. The first-order valence-electron chi connectivity index (χ1n) is 4.77. The van der Waals surface area contributed by atoms with Crippen molar-refractivity contribution in [3.8, 4) is 11.8 Å². The van der Waals surface area contributed by atoms with Crippen LogP contribution in [0.2, 0.25) is 0 Å². The molecule has 0 fully saturated rings. The van der Waals surface area contributed by atoms with Crippen LogP contribution in [0, 0.1) is 19.0 Å². The number of halogens is 2. The summed E-state index contributed by atoms with van der Waals surface area (Å²) in [7, 11) is 0. The van der Waals surface area contributed by atoms with Crippen LogP contribution in [0.25, 0.3) is 0 Å². The highest BCUT2D eigenvalue weighted by atomic mass is 127. The molecule has 0 aliphatic rings. The molecule has 0 atom stereocenters. The lowest BCUT2D eigenvalue weighted by molar-refractivity contribution is 1.58. The van der Waals surface area contributed by atoms with E-state index in [2.05, 4.69) is 81.3 Å². The van der Waals surface area contributed by atoms with Crippen molar-refractivity contribution in [1.29, 1.82) is 0 Å². The van der Waals surface area contributed by atoms with Gasteiger partial charge in [0.25, 0.3) is 0 Å². The Morgan fingerprint density at radius 3 is 1.19 bits per heavy atom. The van der Waals surface area contributed by atoms with Crippen molar-refractivity contribution < 1.29 is 0 Å². The van der Waals surface area contributed by atoms with Crippen LogP contribution >= 0.6 is 45.2 Å². The topological polar surface area (TPSA) is 0 Å². The summed E-state index contributed by atoms with van der Waals surface area (Å²) >= 11 is 4.58. The minimum Gasteiger partial charge on any atom is -0.0617 e. The summed E-state index contributed by atoms with van der Waals surface area (Å²) in [6.45, 7) is 0. The number of hydrogen-bond donors (Lipinski definition) is 0. The standard InChI is InChI=1S/C14H8I2/c15-13-7-3-11(4-8-13)1-2-12-5-9-14(16)10-6-12/h3-10H. The fraction of sp³-hybridized carbons (Fsp3) is 0. The van der Waals surface area contributed by atoms with Gasteiger partial charge in [-0.25, -0.2) is 0 Å². The monoisotopic (exact) mass is 430 g/mol. The molecule has 2 heteroatoms. The van der Waals surface area contributed by atoms with Gasteiger partial charge in [-0.05, 0) is 93.7 Å². The molecular formula is C14H8I2. The van der Waals surface area contributed by atoms with Crippen LogP contribution < -0.4 is 0 Å². The maximum Gasteiger partial charge on any atom is 0.0249 e. The zero-order valence-corrected chi connectivity index (χ0v) is 12.7. The minimum atomic E-state index is 1.05. The van der Waals surface area contributed by atoms with Crippen molar-refractivity contribution in [2.24, 2.45) is 0 Å². The van der Waals surface area contributed by atoms with Crippen molar-refractivity contribution in [1.82, 2.24) is 0 Å². The molecule has 2 rings (SSSR count). The van der Waals surface area contributed by atoms with Gasteiger partial charge in [-0.1, -0.05) is 11.8 Å². The fourth-order valence-corrected chi connectivity index (χ4v) is 1.93. The second-order valence-electron chi connectivity index (χ2n) is 3.26. The lowest BCUT2D eigenvalue weighted by Crippen LogP contribution is -1.77. The third kappa shape index (κ3) is 3.49. The van der Waals surface area contributed by atoms with Gasteiger partial charge in [0.2, 0.25) is 0 Å². The Bertz CT molecular complexity index is 478. The molecule has 0 amide bonds. The largest absolute Gasteiger partial charge is 0.0617 e. The van der Waals surface area contributed by atoms with Crippen molar-refractivity contribution in [2.45, 2.75) is 0 Å². The maximum absolute atomic E-state index is 3.15. The van der Waals surface area contributed by atoms with E-state index in [1.54, 1.807) is 0 Å². The van der Waals surface area contributed by atoms with Crippen LogP contribution in [-0.4, -0.2) is 0 Å². The van der Waals surface area contributed by atoms with Crippen molar-refractivity contribution in [3.63, 3.8) is 0 Å². The molecule has 0 radical (unpaired) electrons. The van der Waals surface area contributed by atoms with E-state index in [9.17, 15) is 0 Å². The molecule has 0 bridgehead atoms. The van der Waals surface area contributed by atoms with Gasteiger partial charge in [0, 0.05) is 18.3 Å². The molecule has 0 aromatic heterocycles. The summed E-state index contributed by atoms with van der Waals surface area (Å²) in [4.78, 5) is 0. The molecule has 16 heavy (non-hydrogen) atoms. The van der Waals surface area contributed by atoms with Crippen LogP contribution in [0.15, 0.2) is 48.5 Å². The second-order valence-corrected chi connectivity index (χ2v) is 5.76. The Hall–Kier alpha value is -0.540. The van der Waals surface area contributed by atoms with Gasteiger partial charge in [-0.2, -0.15) is 0 Å². The molecule has 0 nitrogen and oxygen atoms in total. The molecule has 2 aromatic carbocycles. The summed E-state index contributed by atoms with van der Waals surface area (Å²) in [5.74, 6) is 6.30. The normalized spacial score (nSPS) is 9.38. The Kier molecular flexibility index (Phi) is 4.24. The van der Waals surface area contributed by atoms with Gasteiger partial charge in [0.1, 0.15) is 0 Å². The summed E-state index contributed by atoms with van der Waals surface area (Å²) in [5, 5.41) is 0. The smallest absolute Gasteiger partial charge is 0.0249 e. The second kappa shape index (κ2) is 5.69. The third-order valence-electron chi connectivity index (χ3n) is 2.04. The minimum absolute atomic E-state index is 1.05. The zero-order chi connectivity index (χ0) is 11.4. The zero-order valence-electron chi connectivity index (χ0n) is 8.37. The van der Waals surface area contributed by atoms with E-state index >= 15 is 0 Å². The van der Waals surface area contributed by atoms with Crippen molar-refractivity contribution in [2.75, 3.05) is 0 Å². The van der Waals surface area contributed by atoms with Gasteiger partial charge in [0.05, 0.1) is 0 Å². The summed E-state index contributed by atoms with van der Waals surface area (Å²) in [6, 6.07) is 16.4. The molecular weight excluding hydrogens is 422 g/mol. The molecule has 78 valence electrons. The number of benzene rings is 2. The van der Waals surface area contributed by atoms with E-state index in [1.165, 1.54) is 7.14 Å². The Morgan fingerprint density at radius 1 is 0.562 bits per heavy atom. The van der Waals surface area contributed by atoms with Crippen molar-refractivity contribution >= 4 is 45.2 Å². The Morgan fingerprint density at radius 2 is 0.875 bits per heavy atom. The van der Waals surface area contributed by atoms with E-state index in [-0.39, 0.29) is 0 Å². The molecule has 0 heterocycles. The predicted octanol–water partition coefficient (Wildman–Crippen LogP) is 4.30. The van der Waals surface area contributed by atoms with E-state index in [1.807, 2.05) is 24.3 Å². The maximum atomic E-state index is 3.15. The summed E-state index contributed by atoms with van der Waals surface area (Å²) < 4.78 is 2.47. The molecule has 2 aromatic rings. The lowest BCUT2D eigenvalue weighted by Gasteiger charge is -1.92. The van der Waals surface area contributed by atoms with Gasteiger partial charge in [0.15, 0.2) is 0 Å². The van der Waals surface area contributed by atoms with Gasteiger partial charge in [-0.3, -0.25) is 0 Å². The van der Waals surface area contributed by atoms with Crippen LogP contribution in [0.3, 0.4) is 0 Å². The highest BCUT2D eigenvalue weighted by Gasteiger charge is 1.89. The average Bonchev–Trinajstić information content (AvgIpc) is 2.30. The van der Waals surface area contributed by atoms with Crippen LogP contribution in [0.5, 0.6) is 0 Å². The summed E-state index contributed by atoms with van der Waals surface area (Å²) in [6.07, 6.45) is 0. The molecule has 0 unspecified atom stereocenters. The first-order chi connectivity index (χ1) is 7.74. The van der Waals surface area contributed by atoms with E-state index < -0.39 is 0 Å². The average molecular weight is 430 g/mol. The van der Waals surface area contributed by atoms with Gasteiger partial charge >= 0.3 is 0 Å². The summed E-state index contributed by atoms with van der Waals surface area (Å²) in [5.41, 5.74) is 2.11. The predicted molar refractivity (Wildman–Crippen MR) is 84.3 cm³/mol. The Balaban J connectivity index is 2.21. The highest BCUT2D eigenvalue weighted by Crippen LogP contribution is 2.07. The van der Waals surface area contributed by atoms with Crippen molar-refractivity contribution in [3.05, 3.63) is 66.8 Å². The first-order valence-corrected chi connectivity index (χ1v) is 6.93. The van der Waals surface area contributed by atoms with E-state index in [0.29, 0.717) is 0 Å². The molecule has 0 spiro atoms. The molecule has 0 N–H and O–H groups in total. The first kappa shape index (κ1) is 11.9. The van der Waals surface area contributed by atoms with E-state index in [0.717, 1.165) is 11.1 Å². The highest BCUT2D eigenvalue weighted by molar-refractivity contribution is 14.1. The molecule has 0 aliphatic carbocycles. The Labute approximate surface area is 123 Å².